The molecule has 2 amide bonds. The Morgan fingerprint density at radius 1 is 1.00 bits per heavy atom. The van der Waals surface area contributed by atoms with E-state index in [0.717, 1.165) is 5.56 Å². The molecule has 1 aliphatic heterocycles. The van der Waals surface area contributed by atoms with E-state index in [-0.39, 0.29) is 12.0 Å². The van der Waals surface area contributed by atoms with Crippen LogP contribution >= 0.6 is 0 Å². The molecule has 2 heterocycles. The fourth-order valence-electron chi connectivity index (χ4n) is 2.95. The van der Waals surface area contributed by atoms with E-state index in [1.54, 1.807) is 46.5 Å². The summed E-state index contributed by atoms with van der Waals surface area (Å²) in [5.41, 5.74) is 1.06. The topological polar surface area (TPSA) is 72.0 Å². The fraction of sp³-hybridized carbons (Fsp3) is 0.409. The summed E-state index contributed by atoms with van der Waals surface area (Å²) >= 11 is 0. The molecule has 0 radical (unpaired) electrons. The molecule has 0 N–H and O–H groups in total. The molecule has 0 saturated carbocycles. The molecule has 0 atom stereocenters. The minimum Gasteiger partial charge on any atom is -0.489 e. The number of nitrogens with zero attached hydrogens (tertiary/aromatic N) is 3. The SMILES string of the molecule is CC(C)(C)OC(=O)N1CCN(C(=O)c2ccc(OCc3cccnc3)cc2)CC1. The average molecular weight is 397 g/mol. The maximum atomic E-state index is 12.7. The largest absolute Gasteiger partial charge is 0.489 e. The van der Waals surface area contributed by atoms with E-state index >= 15 is 0 Å². The third-order valence-electron chi connectivity index (χ3n) is 4.45. The Kier molecular flexibility index (Phi) is 6.36. The monoisotopic (exact) mass is 397 g/mol. The zero-order chi connectivity index (χ0) is 20.9. The lowest BCUT2D eigenvalue weighted by Gasteiger charge is -2.35. The van der Waals surface area contributed by atoms with Crippen LogP contribution in [0.3, 0.4) is 0 Å². The molecule has 0 aliphatic carbocycles. The van der Waals surface area contributed by atoms with Gasteiger partial charge in [0.25, 0.3) is 5.91 Å². The molecule has 0 unspecified atom stereocenters. The van der Waals surface area contributed by atoms with Crippen molar-refractivity contribution in [2.24, 2.45) is 0 Å². The molecule has 1 aromatic heterocycles. The second-order valence-electron chi connectivity index (χ2n) is 7.93. The van der Waals surface area contributed by atoms with E-state index < -0.39 is 5.60 Å². The third-order valence-corrected chi connectivity index (χ3v) is 4.45. The van der Waals surface area contributed by atoms with Crippen LogP contribution in [0.4, 0.5) is 4.79 Å². The minimum atomic E-state index is -0.523. The van der Waals surface area contributed by atoms with E-state index in [0.29, 0.717) is 44.1 Å². The van der Waals surface area contributed by atoms with Crippen molar-refractivity contribution < 1.29 is 19.1 Å². The van der Waals surface area contributed by atoms with Gasteiger partial charge in [-0.3, -0.25) is 9.78 Å². The number of rotatable bonds is 4. The van der Waals surface area contributed by atoms with Gasteiger partial charge in [0.1, 0.15) is 18.0 Å². The Morgan fingerprint density at radius 3 is 2.24 bits per heavy atom. The fourth-order valence-corrected chi connectivity index (χ4v) is 2.95. The van der Waals surface area contributed by atoms with Crippen molar-refractivity contribution in [3.63, 3.8) is 0 Å². The summed E-state index contributed by atoms with van der Waals surface area (Å²) in [6, 6.07) is 10.9. The van der Waals surface area contributed by atoms with Gasteiger partial charge in [-0.2, -0.15) is 0 Å². The zero-order valence-electron chi connectivity index (χ0n) is 17.1. The maximum absolute atomic E-state index is 12.7. The van der Waals surface area contributed by atoms with Crippen LogP contribution in [0.15, 0.2) is 48.8 Å². The van der Waals surface area contributed by atoms with Crippen LogP contribution < -0.4 is 4.74 Å². The van der Waals surface area contributed by atoms with Crippen LogP contribution in [0, 0.1) is 0 Å². The highest BCUT2D eigenvalue weighted by Crippen LogP contribution is 2.17. The van der Waals surface area contributed by atoms with Gasteiger partial charge in [-0.15, -0.1) is 0 Å². The van der Waals surface area contributed by atoms with E-state index in [4.69, 9.17) is 9.47 Å². The van der Waals surface area contributed by atoms with E-state index in [1.807, 2.05) is 32.9 Å². The predicted octanol–water partition coefficient (Wildman–Crippen LogP) is 3.35. The van der Waals surface area contributed by atoms with Gasteiger partial charge in [0, 0.05) is 49.7 Å². The number of ether oxygens (including phenoxy) is 2. The Morgan fingerprint density at radius 2 is 1.66 bits per heavy atom. The van der Waals surface area contributed by atoms with Crippen LogP contribution in [-0.2, 0) is 11.3 Å². The van der Waals surface area contributed by atoms with Crippen molar-refractivity contribution in [1.29, 1.82) is 0 Å². The molecule has 0 bridgehead atoms. The highest BCUT2D eigenvalue weighted by atomic mass is 16.6. The average Bonchev–Trinajstić information content (AvgIpc) is 2.72. The van der Waals surface area contributed by atoms with Crippen LogP contribution in [0.5, 0.6) is 5.75 Å². The summed E-state index contributed by atoms with van der Waals surface area (Å²) in [6.07, 6.45) is 3.14. The number of hydrogen-bond donors (Lipinski definition) is 0. The first kappa shape index (κ1) is 20.6. The molecule has 154 valence electrons. The highest BCUT2D eigenvalue weighted by Gasteiger charge is 2.28. The number of aromatic nitrogens is 1. The molecular formula is C22H27N3O4. The summed E-state index contributed by atoms with van der Waals surface area (Å²) in [5.74, 6) is 0.646. The zero-order valence-corrected chi connectivity index (χ0v) is 17.1. The number of amides is 2. The maximum Gasteiger partial charge on any atom is 0.410 e. The Labute approximate surface area is 171 Å². The second-order valence-corrected chi connectivity index (χ2v) is 7.93. The molecule has 2 aromatic rings. The Bertz CT molecular complexity index is 823. The summed E-state index contributed by atoms with van der Waals surface area (Å²) in [7, 11) is 0. The highest BCUT2D eigenvalue weighted by molar-refractivity contribution is 5.94. The van der Waals surface area contributed by atoms with Crippen molar-refractivity contribution in [2.45, 2.75) is 33.0 Å². The van der Waals surface area contributed by atoms with Gasteiger partial charge >= 0.3 is 6.09 Å². The summed E-state index contributed by atoms with van der Waals surface area (Å²) in [5, 5.41) is 0. The molecule has 1 fully saturated rings. The van der Waals surface area contributed by atoms with Crippen LogP contribution in [-0.4, -0.2) is 58.6 Å². The quantitative estimate of drug-likeness (QED) is 0.791. The van der Waals surface area contributed by atoms with Crippen molar-refractivity contribution in [2.75, 3.05) is 26.2 Å². The van der Waals surface area contributed by atoms with Gasteiger partial charge in [0.15, 0.2) is 0 Å². The first-order valence-electron chi connectivity index (χ1n) is 9.71. The standard InChI is InChI=1S/C22H27N3O4/c1-22(2,3)29-21(27)25-13-11-24(12-14-25)20(26)18-6-8-19(9-7-18)28-16-17-5-4-10-23-15-17/h4-10,15H,11-14,16H2,1-3H3. The van der Waals surface area contributed by atoms with Gasteiger partial charge in [0.05, 0.1) is 0 Å². The van der Waals surface area contributed by atoms with Crippen molar-refractivity contribution in [1.82, 2.24) is 14.8 Å². The Balaban J connectivity index is 1.50. The lowest BCUT2D eigenvalue weighted by molar-refractivity contribution is 0.0141. The summed E-state index contributed by atoms with van der Waals surface area (Å²) in [4.78, 5) is 32.3. The molecule has 1 saturated heterocycles. The van der Waals surface area contributed by atoms with Gasteiger partial charge in [-0.1, -0.05) is 6.07 Å². The smallest absolute Gasteiger partial charge is 0.410 e. The molecular weight excluding hydrogens is 370 g/mol. The van der Waals surface area contributed by atoms with Crippen molar-refractivity contribution in [3.05, 3.63) is 59.9 Å². The Hall–Kier alpha value is -3.09. The normalized spacial score (nSPS) is 14.4. The van der Waals surface area contributed by atoms with Crippen LogP contribution in [0.2, 0.25) is 0 Å². The number of pyridine rings is 1. The molecule has 29 heavy (non-hydrogen) atoms. The van der Waals surface area contributed by atoms with E-state index in [9.17, 15) is 9.59 Å². The molecule has 0 spiro atoms. The van der Waals surface area contributed by atoms with Crippen molar-refractivity contribution in [3.8, 4) is 5.75 Å². The van der Waals surface area contributed by atoms with Gasteiger partial charge < -0.3 is 19.3 Å². The van der Waals surface area contributed by atoms with Crippen molar-refractivity contribution >= 4 is 12.0 Å². The van der Waals surface area contributed by atoms with Gasteiger partial charge in [-0.25, -0.2) is 4.79 Å². The van der Waals surface area contributed by atoms with Gasteiger partial charge in [0.2, 0.25) is 0 Å². The summed E-state index contributed by atoms with van der Waals surface area (Å²) in [6.45, 7) is 7.85. The molecule has 1 aliphatic rings. The molecule has 7 heteroatoms. The lowest BCUT2D eigenvalue weighted by atomic mass is 10.1. The number of carbonyl (C=O) groups is 2. The molecule has 3 rings (SSSR count). The lowest BCUT2D eigenvalue weighted by Crippen LogP contribution is -2.51. The number of carbonyl (C=O) groups excluding carboxylic acids is 2. The number of benzene rings is 1. The first-order chi connectivity index (χ1) is 13.8. The van der Waals surface area contributed by atoms with Crippen LogP contribution in [0.1, 0.15) is 36.7 Å². The van der Waals surface area contributed by atoms with E-state index in [1.165, 1.54) is 0 Å². The molecule has 1 aromatic carbocycles. The van der Waals surface area contributed by atoms with E-state index in [2.05, 4.69) is 4.98 Å². The second kappa shape index (κ2) is 8.94. The number of piperazine rings is 1. The molecule has 7 nitrogen and oxygen atoms in total. The first-order valence-corrected chi connectivity index (χ1v) is 9.71. The predicted molar refractivity (Wildman–Crippen MR) is 109 cm³/mol. The number of hydrogen-bond acceptors (Lipinski definition) is 5. The van der Waals surface area contributed by atoms with Crippen LogP contribution in [0.25, 0.3) is 0 Å². The summed E-state index contributed by atoms with van der Waals surface area (Å²) < 4.78 is 11.1. The third kappa shape index (κ3) is 5.94. The minimum absolute atomic E-state index is 0.0485. The van der Waals surface area contributed by atoms with Gasteiger partial charge in [-0.05, 0) is 51.1 Å².